The molecule has 0 aromatic carbocycles. The molecule has 68 valence electrons. The van der Waals surface area contributed by atoms with Gasteiger partial charge in [0.1, 0.15) is 6.07 Å². The molecule has 6 heteroatoms. The Morgan fingerprint density at radius 2 is 2.00 bits per heavy atom. The largest absolute Gasteiger partial charge is 0.268 e. The quantitative estimate of drug-likeness (QED) is 0.502. The van der Waals surface area contributed by atoms with Crippen LogP contribution in [0.2, 0.25) is 0 Å². The van der Waals surface area contributed by atoms with Crippen LogP contribution in [0, 0.1) is 23.1 Å². The second-order valence-electron chi connectivity index (χ2n) is 2.11. The Morgan fingerprint density at radius 1 is 1.38 bits per heavy atom. The van der Waals surface area contributed by atoms with Crippen LogP contribution >= 0.6 is 0 Å². The average Bonchev–Trinajstić information content (AvgIpc) is 2.07. The summed E-state index contributed by atoms with van der Waals surface area (Å²) in [5.41, 5.74) is -1.97. The summed E-state index contributed by atoms with van der Waals surface area (Å²) in [4.78, 5) is 2.73. The van der Waals surface area contributed by atoms with Gasteiger partial charge in [-0.2, -0.15) is 9.65 Å². The zero-order valence-corrected chi connectivity index (χ0v) is 6.06. The summed E-state index contributed by atoms with van der Waals surface area (Å²) in [6.45, 7) is 0. The van der Waals surface area contributed by atoms with Crippen LogP contribution in [0.5, 0.6) is 0 Å². The van der Waals surface area contributed by atoms with E-state index in [1.165, 1.54) is 6.07 Å². The van der Waals surface area contributed by atoms with Crippen LogP contribution in [-0.4, -0.2) is 4.98 Å². The van der Waals surface area contributed by atoms with Gasteiger partial charge in [0, 0.05) is 0 Å². The molecule has 0 aliphatic carbocycles. The molecule has 0 amide bonds. The Labute approximate surface area is 70.4 Å². The number of nitrogens with zero attached hydrogens (tertiary/aromatic N) is 2. The maximum Gasteiger partial charge on any atom is 0.268 e. The predicted molar refractivity (Wildman–Crippen MR) is 33.8 cm³/mol. The molecule has 1 aromatic heterocycles. The molecule has 0 saturated heterocycles. The molecule has 1 heterocycles. The number of hydrogen-bond donors (Lipinski definition) is 0. The van der Waals surface area contributed by atoms with E-state index in [-0.39, 0.29) is 6.07 Å². The fraction of sp³-hybridized carbons (Fsp3) is 0.143. The molecule has 0 radical (unpaired) electrons. The van der Waals surface area contributed by atoms with Gasteiger partial charge in [-0.25, -0.2) is 18.2 Å². The molecular weight excluding hydrogens is 188 g/mol. The number of nitriles is 1. The van der Waals surface area contributed by atoms with Crippen molar-refractivity contribution in [2.24, 2.45) is 0 Å². The van der Waals surface area contributed by atoms with Crippen molar-refractivity contribution in [3.8, 4) is 6.07 Å². The summed E-state index contributed by atoms with van der Waals surface area (Å²) in [5.74, 6) is -2.77. The van der Waals surface area contributed by atoms with Crippen molar-refractivity contribution < 1.29 is 17.6 Å². The highest BCUT2D eigenvalue weighted by atomic mass is 19.3. The van der Waals surface area contributed by atoms with Crippen LogP contribution in [0.1, 0.15) is 17.7 Å². The van der Waals surface area contributed by atoms with Gasteiger partial charge in [-0.3, -0.25) is 0 Å². The molecule has 0 fully saturated rings. The van der Waals surface area contributed by atoms with Crippen LogP contribution < -0.4 is 0 Å². The number of pyridine rings is 1. The highest BCUT2D eigenvalue weighted by Gasteiger charge is 2.18. The van der Waals surface area contributed by atoms with Crippen LogP contribution in [0.15, 0.2) is 6.07 Å². The zero-order valence-electron chi connectivity index (χ0n) is 6.06. The number of rotatable bonds is 1. The standard InChI is InChI=1S/C7H2F4N2/c8-4-1-3(6(9)10)7(11)13-5(4)2-12/h1,6H. The van der Waals surface area contributed by atoms with Gasteiger partial charge >= 0.3 is 0 Å². The van der Waals surface area contributed by atoms with Crippen LogP contribution in [0.3, 0.4) is 0 Å². The van der Waals surface area contributed by atoms with E-state index in [9.17, 15) is 17.6 Å². The fourth-order valence-corrected chi connectivity index (χ4v) is 0.712. The fourth-order valence-electron chi connectivity index (χ4n) is 0.712. The van der Waals surface area contributed by atoms with Crippen LogP contribution in [-0.2, 0) is 0 Å². The lowest BCUT2D eigenvalue weighted by atomic mass is 10.2. The van der Waals surface area contributed by atoms with Gasteiger partial charge in [0.15, 0.2) is 11.5 Å². The van der Waals surface area contributed by atoms with E-state index < -0.39 is 29.4 Å². The van der Waals surface area contributed by atoms with E-state index in [2.05, 4.69) is 4.98 Å². The minimum atomic E-state index is -3.14. The predicted octanol–water partition coefficient (Wildman–Crippen LogP) is 2.17. The third kappa shape index (κ3) is 1.75. The van der Waals surface area contributed by atoms with E-state index in [1.807, 2.05) is 0 Å². The monoisotopic (exact) mass is 190 g/mol. The number of alkyl halides is 2. The maximum atomic E-state index is 12.6. The Hall–Kier alpha value is -1.64. The smallest absolute Gasteiger partial charge is 0.205 e. The van der Waals surface area contributed by atoms with Gasteiger partial charge in [-0.15, -0.1) is 0 Å². The second-order valence-corrected chi connectivity index (χ2v) is 2.11. The summed E-state index contributed by atoms with van der Waals surface area (Å²) in [5, 5.41) is 8.17. The molecule has 0 aliphatic rings. The van der Waals surface area contributed by atoms with Crippen molar-refractivity contribution >= 4 is 0 Å². The molecule has 0 saturated carbocycles. The number of hydrogen-bond acceptors (Lipinski definition) is 2. The lowest BCUT2D eigenvalue weighted by molar-refractivity contribution is 0.144. The van der Waals surface area contributed by atoms with Crippen LogP contribution in [0.25, 0.3) is 0 Å². The van der Waals surface area contributed by atoms with Gasteiger partial charge in [0.25, 0.3) is 6.43 Å². The minimum Gasteiger partial charge on any atom is -0.205 e. The second kappa shape index (κ2) is 3.39. The molecule has 1 rings (SSSR count). The molecule has 0 N–H and O–H groups in total. The highest BCUT2D eigenvalue weighted by Crippen LogP contribution is 2.22. The Balaban J connectivity index is 3.31. The molecule has 0 bridgehead atoms. The Morgan fingerprint density at radius 3 is 2.46 bits per heavy atom. The van der Waals surface area contributed by atoms with Gasteiger partial charge in [-0.1, -0.05) is 0 Å². The molecule has 0 spiro atoms. The van der Waals surface area contributed by atoms with Crippen molar-refractivity contribution in [3.63, 3.8) is 0 Å². The lowest BCUT2D eigenvalue weighted by Crippen LogP contribution is -2.00. The summed E-state index contributed by atoms with van der Waals surface area (Å²) < 4.78 is 49.0. The highest BCUT2D eigenvalue weighted by molar-refractivity contribution is 5.26. The van der Waals surface area contributed by atoms with E-state index in [1.54, 1.807) is 0 Å². The first-order valence-corrected chi connectivity index (χ1v) is 3.10. The SMILES string of the molecule is N#Cc1nc(F)c(C(F)F)cc1F. The summed E-state index contributed by atoms with van der Waals surface area (Å²) >= 11 is 0. The first-order chi connectivity index (χ1) is 6.06. The van der Waals surface area contributed by atoms with Gasteiger partial charge < -0.3 is 0 Å². The lowest BCUT2D eigenvalue weighted by Gasteiger charge is -2.00. The topological polar surface area (TPSA) is 36.7 Å². The molecule has 13 heavy (non-hydrogen) atoms. The normalized spacial score (nSPS) is 10.2. The summed E-state index contributed by atoms with van der Waals surface area (Å²) in [6, 6.07) is 1.50. The first kappa shape index (κ1) is 9.45. The molecule has 0 unspecified atom stereocenters. The van der Waals surface area contributed by atoms with Crippen molar-refractivity contribution in [3.05, 3.63) is 29.1 Å². The van der Waals surface area contributed by atoms with Crippen molar-refractivity contribution in [1.82, 2.24) is 4.98 Å². The summed E-state index contributed by atoms with van der Waals surface area (Å²) in [6.07, 6.45) is -3.14. The van der Waals surface area contributed by atoms with E-state index in [0.717, 1.165) is 0 Å². The zero-order chi connectivity index (χ0) is 10.0. The molecule has 1 aromatic rings. The Kier molecular flexibility index (Phi) is 2.46. The van der Waals surface area contributed by atoms with Gasteiger partial charge in [-0.05, 0) is 6.07 Å². The first-order valence-electron chi connectivity index (χ1n) is 3.10. The molecule has 2 nitrogen and oxygen atoms in total. The molecule has 0 aliphatic heterocycles. The third-order valence-electron chi connectivity index (χ3n) is 1.30. The maximum absolute atomic E-state index is 12.6. The third-order valence-corrected chi connectivity index (χ3v) is 1.30. The van der Waals surface area contributed by atoms with Gasteiger partial charge in [0.05, 0.1) is 5.56 Å². The number of aromatic nitrogens is 1. The Bertz CT molecular complexity index is 369. The minimum absolute atomic E-state index is 0.269. The van der Waals surface area contributed by atoms with Crippen molar-refractivity contribution in [2.45, 2.75) is 6.43 Å². The van der Waals surface area contributed by atoms with E-state index in [0.29, 0.717) is 0 Å². The van der Waals surface area contributed by atoms with E-state index in [4.69, 9.17) is 5.26 Å². The van der Waals surface area contributed by atoms with Crippen molar-refractivity contribution in [1.29, 1.82) is 5.26 Å². The number of halogens is 4. The average molecular weight is 190 g/mol. The van der Waals surface area contributed by atoms with E-state index >= 15 is 0 Å². The van der Waals surface area contributed by atoms with Crippen molar-refractivity contribution in [2.75, 3.05) is 0 Å². The van der Waals surface area contributed by atoms with Crippen LogP contribution in [0.4, 0.5) is 17.6 Å². The summed E-state index contributed by atoms with van der Waals surface area (Å²) in [7, 11) is 0. The van der Waals surface area contributed by atoms with Gasteiger partial charge in [0.2, 0.25) is 5.95 Å². The molecular formula is C7H2F4N2. The molecule has 0 atom stereocenters.